The van der Waals surface area contributed by atoms with Crippen LogP contribution in [-0.2, 0) is 11.3 Å². The maximum absolute atomic E-state index is 13.1. The van der Waals surface area contributed by atoms with Gasteiger partial charge in [0.15, 0.2) is 5.82 Å². The van der Waals surface area contributed by atoms with Gasteiger partial charge in [0.2, 0.25) is 0 Å². The lowest BCUT2D eigenvalue weighted by atomic mass is 10.0. The van der Waals surface area contributed by atoms with Crippen LogP contribution in [-0.4, -0.2) is 20.7 Å². The van der Waals surface area contributed by atoms with Crippen molar-refractivity contribution in [2.24, 2.45) is 0 Å². The molecule has 0 fully saturated rings. The fourth-order valence-corrected chi connectivity index (χ4v) is 4.26. The van der Waals surface area contributed by atoms with Crippen LogP contribution in [0.5, 0.6) is 0 Å². The Morgan fingerprint density at radius 1 is 0.861 bits per heavy atom. The van der Waals surface area contributed by atoms with Crippen molar-refractivity contribution in [1.82, 2.24) is 14.8 Å². The summed E-state index contributed by atoms with van der Waals surface area (Å²) in [5.41, 5.74) is 2.05. The molecule has 7 heteroatoms. The van der Waals surface area contributed by atoms with Crippen molar-refractivity contribution in [3.05, 3.63) is 125 Å². The molecular weight excluding hydrogens is 454 g/mol. The number of nitrogens with zero attached hydrogens (tertiary/aromatic N) is 3. The molecular formula is C29H19N3O4. The summed E-state index contributed by atoms with van der Waals surface area (Å²) in [4.78, 5) is 29.7. The molecule has 0 aliphatic heterocycles. The van der Waals surface area contributed by atoms with Gasteiger partial charge in [-0.3, -0.25) is 0 Å². The van der Waals surface area contributed by atoms with Gasteiger partial charge in [-0.2, -0.15) is 0 Å². The van der Waals surface area contributed by atoms with E-state index in [1.165, 1.54) is 6.07 Å². The third-order valence-electron chi connectivity index (χ3n) is 5.90. The van der Waals surface area contributed by atoms with Crippen LogP contribution >= 0.6 is 0 Å². The highest BCUT2D eigenvalue weighted by atomic mass is 16.5. The number of carbonyl (C=O) groups excluding carboxylic acids is 1. The van der Waals surface area contributed by atoms with Gasteiger partial charge in [-0.05, 0) is 29.0 Å². The van der Waals surface area contributed by atoms with Crippen LogP contribution in [0.1, 0.15) is 16.2 Å². The minimum absolute atomic E-state index is 0.0742. The summed E-state index contributed by atoms with van der Waals surface area (Å²) < 4.78 is 12.6. The van der Waals surface area contributed by atoms with Crippen LogP contribution in [0.2, 0.25) is 0 Å². The summed E-state index contributed by atoms with van der Waals surface area (Å²) in [5, 5.41) is 7.07. The highest BCUT2D eigenvalue weighted by Crippen LogP contribution is 2.28. The molecule has 0 saturated carbocycles. The van der Waals surface area contributed by atoms with E-state index in [1.807, 2.05) is 91.0 Å². The van der Waals surface area contributed by atoms with E-state index in [0.29, 0.717) is 17.0 Å². The summed E-state index contributed by atoms with van der Waals surface area (Å²) in [6, 6.07) is 31.7. The summed E-state index contributed by atoms with van der Waals surface area (Å²) >= 11 is 0. The average molecular weight is 473 g/mol. The second kappa shape index (κ2) is 8.96. The number of carbonyl (C=O) groups is 1. The smallest absolute Gasteiger partial charge is 0.378 e. The van der Waals surface area contributed by atoms with Gasteiger partial charge in [-0.15, -0.1) is 5.10 Å². The van der Waals surface area contributed by atoms with Gasteiger partial charge in [0.25, 0.3) is 5.82 Å². The molecule has 0 bridgehead atoms. The number of hydrogen-bond donors (Lipinski definition) is 0. The lowest BCUT2D eigenvalue weighted by Gasteiger charge is -2.09. The Morgan fingerprint density at radius 2 is 1.58 bits per heavy atom. The zero-order valence-electron chi connectivity index (χ0n) is 19.0. The average Bonchev–Trinajstić information content (AvgIpc) is 3.38. The second-order valence-corrected chi connectivity index (χ2v) is 8.20. The Kier molecular flexibility index (Phi) is 5.35. The quantitative estimate of drug-likeness (QED) is 0.185. The van der Waals surface area contributed by atoms with Crippen LogP contribution in [0.4, 0.5) is 0 Å². The molecule has 6 rings (SSSR count). The summed E-state index contributed by atoms with van der Waals surface area (Å²) in [5.74, 6) is -0.246. The second-order valence-electron chi connectivity index (χ2n) is 8.20. The first-order chi connectivity index (χ1) is 17.7. The maximum atomic E-state index is 13.1. The fraction of sp³-hybridized carbons (Fsp3) is 0.0345. The molecule has 0 spiro atoms. The van der Waals surface area contributed by atoms with Crippen LogP contribution in [0, 0.1) is 0 Å². The SMILES string of the molecule is O=C(OCc1cc(=O)oc2ccc3ccccc3c12)c1nc(-c2ccccc2)n(-c2ccccc2)n1. The number of ether oxygens (including phenoxy) is 1. The predicted octanol–water partition coefficient (Wildman–Crippen LogP) is 5.55. The maximum Gasteiger partial charge on any atom is 0.378 e. The molecule has 0 radical (unpaired) electrons. The fourth-order valence-electron chi connectivity index (χ4n) is 4.26. The van der Waals surface area contributed by atoms with E-state index in [2.05, 4.69) is 10.1 Å². The number of benzene rings is 4. The van der Waals surface area contributed by atoms with Gasteiger partial charge in [-0.25, -0.2) is 19.3 Å². The molecule has 174 valence electrons. The monoisotopic (exact) mass is 473 g/mol. The molecule has 0 aliphatic rings. The van der Waals surface area contributed by atoms with Crippen molar-refractivity contribution < 1.29 is 13.9 Å². The summed E-state index contributed by atoms with van der Waals surface area (Å²) in [6.45, 7) is -0.129. The molecule has 0 atom stereocenters. The number of fused-ring (bicyclic) bond motifs is 3. The zero-order chi connectivity index (χ0) is 24.5. The molecule has 0 unspecified atom stereocenters. The van der Waals surface area contributed by atoms with Crippen molar-refractivity contribution in [1.29, 1.82) is 0 Å². The van der Waals surface area contributed by atoms with Crippen molar-refractivity contribution in [2.45, 2.75) is 6.61 Å². The van der Waals surface area contributed by atoms with Gasteiger partial charge < -0.3 is 9.15 Å². The molecule has 36 heavy (non-hydrogen) atoms. The molecule has 2 aromatic heterocycles. The normalized spacial score (nSPS) is 11.1. The molecule has 0 saturated heterocycles. The first-order valence-corrected chi connectivity index (χ1v) is 11.4. The number of aromatic nitrogens is 3. The third-order valence-corrected chi connectivity index (χ3v) is 5.90. The van der Waals surface area contributed by atoms with Gasteiger partial charge in [0.1, 0.15) is 12.2 Å². The van der Waals surface area contributed by atoms with E-state index >= 15 is 0 Å². The Labute approximate surface area is 205 Å². The Balaban J connectivity index is 1.37. The topological polar surface area (TPSA) is 87.2 Å². The van der Waals surface area contributed by atoms with Crippen molar-refractivity contribution in [3.8, 4) is 17.1 Å². The molecule has 4 aromatic carbocycles. The van der Waals surface area contributed by atoms with E-state index in [1.54, 1.807) is 10.7 Å². The van der Waals surface area contributed by atoms with Crippen LogP contribution in [0.3, 0.4) is 0 Å². The highest BCUT2D eigenvalue weighted by molar-refractivity contribution is 6.07. The van der Waals surface area contributed by atoms with Gasteiger partial charge >= 0.3 is 11.6 Å². The van der Waals surface area contributed by atoms with Crippen LogP contribution in [0.15, 0.2) is 112 Å². The standard InChI is InChI=1S/C29H19N3O4/c33-25-17-21(26-23-14-8-7-9-19(23)15-16-24(26)36-25)18-35-29(34)27-30-28(20-10-3-1-4-11-20)32(31-27)22-12-5-2-6-13-22/h1-17H,18H2. The molecule has 2 heterocycles. The van der Waals surface area contributed by atoms with E-state index in [-0.39, 0.29) is 12.4 Å². The van der Waals surface area contributed by atoms with E-state index in [9.17, 15) is 9.59 Å². The van der Waals surface area contributed by atoms with Crippen LogP contribution in [0.25, 0.3) is 38.8 Å². The molecule has 0 aliphatic carbocycles. The molecule has 0 N–H and O–H groups in total. The lowest BCUT2D eigenvalue weighted by molar-refractivity contribution is 0.0459. The van der Waals surface area contributed by atoms with E-state index in [0.717, 1.165) is 27.4 Å². The van der Waals surface area contributed by atoms with Gasteiger partial charge in [0.05, 0.1) is 5.69 Å². The number of rotatable bonds is 5. The largest absolute Gasteiger partial charge is 0.455 e. The highest BCUT2D eigenvalue weighted by Gasteiger charge is 2.21. The molecule has 0 amide bonds. The molecule has 7 nitrogen and oxygen atoms in total. The van der Waals surface area contributed by atoms with E-state index < -0.39 is 11.6 Å². The number of para-hydroxylation sites is 1. The van der Waals surface area contributed by atoms with E-state index in [4.69, 9.17) is 9.15 Å². The van der Waals surface area contributed by atoms with Crippen molar-refractivity contribution in [2.75, 3.05) is 0 Å². The van der Waals surface area contributed by atoms with Gasteiger partial charge in [0, 0.05) is 22.6 Å². The van der Waals surface area contributed by atoms with Gasteiger partial charge in [-0.1, -0.05) is 78.9 Å². The van der Waals surface area contributed by atoms with Crippen LogP contribution < -0.4 is 5.63 Å². The Bertz CT molecular complexity index is 1720. The zero-order valence-corrected chi connectivity index (χ0v) is 19.0. The van der Waals surface area contributed by atoms with Crippen molar-refractivity contribution >= 4 is 27.7 Å². The molecule has 6 aromatic rings. The Hall–Kier alpha value is -5.04. The lowest BCUT2D eigenvalue weighted by Crippen LogP contribution is -2.10. The summed E-state index contributed by atoms with van der Waals surface area (Å²) in [6.07, 6.45) is 0. The third kappa shape index (κ3) is 3.92. The number of hydrogen-bond acceptors (Lipinski definition) is 6. The predicted molar refractivity (Wildman–Crippen MR) is 136 cm³/mol. The van der Waals surface area contributed by atoms with Crippen molar-refractivity contribution in [3.63, 3.8) is 0 Å². The Morgan fingerprint density at radius 3 is 2.39 bits per heavy atom. The first-order valence-electron chi connectivity index (χ1n) is 11.4. The number of esters is 1. The minimum Gasteiger partial charge on any atom is -0.455 e. The first kappa shape index (κ1) is 21.5. The minimum atomic E-state index is -0.691. The summed E-state index contributed by atoms with van der Waals surface area (Å²) in [7, 11) is 0.